The minimum absolute atomic E-state index is 0.0333. The van der Waals surface area contributed by atoms with Crippen molar-refractivity contribution in [1.82, 2.24) is 0 Å². The van der Waals surface area contributed by atoms with Crippen LogP contribution < -0.4 is 5.73 Å². The molecule has 0 aliphatic carbocycles. The Hall–Kier alpha value is -0.320. The summed E-state index contributed by atoms with van der Waals surface area (Å²) in [7, 11) is 0. The first-order valence-corrected chi connectivity index (χ1v) is 7.63. The smallest absolute Gasteiger partial charge is 0.169 e. The maximum atomic E-state index is 6.09. The summed E-state index contributed by atoms with van der Waals surface area (Å²) >= 11 is 3.30. The minimum Gasteiger partial charge on any atom is -0.453 e. The molecule has 0 amide bonds. The number of halogens is 1. The second kappa shape index (κ2) is 7.31. The Morgan fingerprint density at radius 2 is 2.06 bits per heavy atom. The fraction of sp³-hybridized carbons (Fsp3) is 0.714. The molecule has 1 aliphatic rings. The first kappa shape index (κ1) is 14.1. The van der Waals surface area contributed by atoms with Crippen LogP contribution in [0.4, 0.5) is 0 Å². The van der Waals surface area contributed by atoms with E-state index >= 15 is 0 Å². The highest BCUT2D eigenvalue weighted by molar-refractivity contribution is 9.10. The maximum absolute atomic E-state index is 6.09. The van der Waals surface area contributed by atoms with Crippen LogP contribution in [0, 0.1) is 5.92 Å². The largest absolute Gasteiger partial charge is 0.453 e. The van der Waals surface area contributed by atoms with E-state index < -0.39 is 0 Å². The van der Waals surface area contributed by atoms with Gasteiger partial charge in [-0.3, -0.25) is 0 Å². The Bertz CT molecular complexity index is 347. The fourth-order valence-corrected chi connectivity index (χ4v) is 2.82. The van der Waals surface area contributed by atoms with Crippen LogP contribution in [0.5, 0.6) is 0 Å². The third-order valence-electron chi connectivity index (χ3n) is 3.68. The van der Waals surface area contributed by atoms with Crippen molar-refractivity contribution in [3.63, 3.8) is 0 Å². The second-order valence-corrected chi connectivity index (χ2v) is 5.87. The summed E-state index contributed by atoms with van der Waals surface area (Å²) in [4.78, 5) is 0. The molecule has 1 aromatic heterocycles. The van der Waals surface area contributed by atoms with E-state index in [2.05, 4.69) is 15.9 Å². The van der Waals surface area contributed by atoms with Gasteiger partial charge in [-0.2, -0.15) is 0 Å². The van der Waals surface area contributed by atoms with Crippen LogP contribution >= 0.6 is 15.9 Å². The molecule has 1 aliphatic heterocycles. The lowest BCUT2D eigenvalue weighted by Crippen LogP contribution is -2.15. The molecular formula is C14H22BrNO2. The van der Waals surface area contributed by atoms with Crippen molar-refractivity contribution in [2.24, 2.45) is 11.7 Å². The molecule has 2 rings (SSSR count). The lowest BCUT2D eigenvalue weighted by molar-refractivity contribution is 0.0630. The van der Waals surface area contributed by atoms with Crippen LogP contribution in [0.2, 0.25) is 0 Å². The Kier molecular flexibility index (Phi) is 5.73. The van der Waals surface area contributed by atoms with Crippen LogP contribution in [-0.2, 0) is 4.74 Å². The fourth-order valence-electron chi connectivity index (χ4n) is 2.50. The molecule has 4 heteroatoms. The predicted molar refractivity (Wildman–Crippen MR) is 75.3 cm³/mol. The van der Waals surface area contributed by atoms with Gasteiger partial charge in [-0.05, 0) is 53.2 Å². The molecule has 0 saturated carbocycles. The van der Waals surface area contributed by atoms with Crippen molar-refractivity contribution in [1.29, 1.82) is 0 Å². The van der Waals surface area contributed by atoms with E-state index in [4.69, 9.17) is 14.9 Å². The zero-order valence-electron chi connectivity index (χ0n) is 10.7. The first-order valence-electron chi connectivity index (χ1n) is 6.84. The molecule has 1 atom stereocenters. The van der Waals surface area contributed by atoms with Gasteiger partial charge in [-0.1, -0.05) is 19.3 Å². The lowest BCUT2D eigenvalue weighted by atomic mass is 9.93. The Morgan fingerprint density at radius 1 is 1.28 bits per heavy atom. The van der Waals surface area contributed by atoms with Gasteiger partial charge in [0.15, 0.2) is 4.67 Å². The monoisotopic (exact) mass is 315 g/mol. The topological polar surface area (TPSA) is 48.4 Å². The van der Waals surface area contributed by atoms with Gasteiger partial charge in [0.2, 0.25) is 0 Å². The van der Waals surface area contributed by atoms with Crippen LogP contribution in [0.25, 0.3) is 0 Å². The highest BCUT2D eigenvalue weighted by Gasteiger charge is 2.14. The third-order valence-corrected chi connectivity index (χ3v) is 4.10. The number of unbranched alkanes of at least 4 members (excludes halogenated alkanes) is 1. The van der Waals surface area contributed by atoms with E-state index in [0.717, 1.165) is 36.0 Å². The van der Waals surface area contributed by atoms with Crippen molar-refractivity contribution in [2.45, 2.75) is 44.6 Å². The summed E-state index contributed by atoms with van der Waals surface area (Å²) in [5.41, 5.74) is 6.09. The molecule has 1 fully saturated rings. The van der Waals surface area contributed by atoms with Crippen LogP contribution in [-0.4, -0.2) is 13.2 Å². The van der Waals surface area contributed by atoms with E-state index in [-0.39, 0.29) is 6.04 Å². The summed E-state index contributed by atoms with van der Waals surface area (Å²) in [6.07, 6.45) is 7.23. The van der Waals surface area contributed by atoms with Gasteiger partial charge in [-0.25, -0.2) is 0 Å². The average molecular weight is 316 g/mol. The molecule has 1 saturated heterocycles. The van der Waals surface area contributed by atoms with Gasteiger partial charge in [-0.15, -0.1) is 0 Å². The number of furan rings is 1. The van der Waals surface area contributed by atoms with E-state index in [1.807, 2.05) is 12.1 Å². The second-order valence-electron chi connectivity index (χ2n) is 5.09. The van der Waals surface area contributed by atoms with E-state index in [0.29, 0.717) is 0 Å². The molecule has 2 N–H and O–H groups in total. The average Bonchev–Trinajstić information content (AvgIpc) is 2.82. The Balaban J connectivity index is 1.60. The summed E-state index contributed by atoms with van der Waals surface area (Å²) in [6.45, 7) is 1.90. The van der Waals surface area contributed by atoms with Crippen LogP contribution in [0.15, 0.2) is 21.2 Å². The Morgan fingerprint density at radius 3 is 2.72 bits per heavy atom. The molecule has 0 aromatic carbocycles. The van der Waals surface area contributed by atoms with Crippen molar-refractivity contribution in [3.05, 3.63) is 22.6 Å². The number of hydrogen-bond donors (Lipinski definition) is 1. The predicted octanol–water partition coefficient (Wildman–Crippen LogP) is 4.03. The zero-order chi connectivity index (χ0) is 12.8. The summed E-state index contributed by atoms with van der Waals surface area (Å²) < 4.78 is 11.6. The highest BCUT2D eigenvalue weighted by Crippen LogP contribution is 2.25. The SMILES string of the molecule is NC(CCCCC1CCOCC1)c1ccc(Br)o1. The summed E-state index contributed by atoms with van der Waals surface area (Å²) in [5, 5.41) is 0. The van der Waals surface area contributed by atoms with E-state index in [1.165, 1.54) is 32.1 Å². The molecule has 1 unspecified atom stereocenters. The van der Waals surface area contributed by atoms with E-state index in [1.54, 1.807) is 0 Å². The third kappa shape index (κ3) is 4.41. The molecular weight excluding hydrogens is 294 g/mol. The molecule has 0 radical (unpaired) electrons. The number of hydrogen-bond acceptors (Lipinski definition) is 3. The first-order chi connectivity index (χ1) is 8.75. The molecule has 0 bridgehead atoms. The van der Waals surface area contributed by atoms with Gasteiger partial charge in [0.1, 0.15) is 5.76 Å². The summed E-state index contributed by atoms with van der Waals surface area (Å²) in [6, 6.07) is 3.88. The molecule has 3 nitrogen and oxygen atoms in total. The van der Waals surface area contributed by atoms with Gasteiger partial charge in [0.05, 0.1) is 6.04 Å². The number of rotatable bonds is 6. The van der Waals surface area contributed by atoms with Gasteiger partial charge in [0, 0.05) is 13.2 Å². The van der Waals surface area contributed by atoms with Gasteiger partial charge >= 0.3 is 0 Å². The molecule has 0 spiro atoms. The molecule has 1 aromatic rings. The molecule has 18 heavy (non-hydrogen) atoms. The normalized spacial score (nSPS) is 19.0. The van der Waals surface area contributed by atoms with Gasteiger partial charge < -0.3 is 14.9 Å². The zero-order valence-corrected chi connectivity index (χ0v) is 12.3. The summed E-state index contributed by atoms with van der Waals surface area (Å²) in [5.74, 6) is 1.75. The standard InChI is InChI=1S/C14H22BrNO2/c15-14-6-5-13(18-14)12(16)4-2-1-3-11-7-9-17-10-8-11/h5-6,11-12H,1-4,7-10,16H2. The van der Waals surface area contributed by atoms with Crippen LogP contribution in [0.3, 0.4) is 0 Å². The number of nitrogens with two attached hydrogens (primary N) is 1. The van der Waals surface area contributed by atoms with Crippen molar-refractivity contribution >= 4 is 15.9 Å². The van der Waals surface area contributed by atoms with Crippen molar-refractivity contribution in [2.75, 3.05) is 13.2 Å². The number of ether oxygens (including phenoxy) is 1. The lowest BCUT2D eigenvalue weighted by Gasteiger charge is -2.21. The highest BCUT2D eigenvalue weighted by atomic mass is 79.9. The van der Waals surface area contributed by atoms with Gasteiger partial charge in [0.25, 0.3) is 0 Å². The molecule has 2 heterocycles. The van der Waals surface area contributed by atoms with E-state index in [9.17, 15) is 0 Å². The van der Waals surface area contributed by atoms with Crippen molar-refractivity contribution in [3.8, 4) is 0 Å². The van der Waals surface area contributed by atoms with Crippen molar-refractivity contribution < 1.29 is 9.15 Å². The minimum atomic E-state index is 0.0333. The Labute approximate surface area is 117 Å². The molecule has 102 valence electrons. The maximum Gasteiger partial charge on any atom is 0.169 e. The quantitative estimate of drug-likeness (QED) is 0.806. The van der Waals surface area contributed by atoms with Crippen LogP contribution in [0.1, 0.15) is 50.3 Å².